The first-order chi connectivity index (χ1) is 14.2. The summed E-state index contributed by atoms with van der Waals surface area (Å²) >= 11 is 0. The van der Waals surface area contributed by atoms with E-state index in [1.165, 1.54) is 5.56 Å². The SMILES string of the molecule is CCCc1nc(N2CC[C@@H](N3CCN(CCc4ccccc4)CC3)[C@H](O)C2)no1. The first-order valence-electron chi connectivity index (χ1n) is 11.0. The second-order valence-electron chi connectivity index (χ2n) is 8.22. The summed E-state index contributed by atoms with van der Waals surface area (Å²) in [5.41, 5.74) is 1.40. The summed E-state index contributed by atoms with van der Waals surface area (Å²) in [6.45, 7) is 8.84. The van der Waals surface area contributed by atoms with Gasteiger partial charge in [-0.2, -0.15) is 4.98 Å². The standard InChI is InChI=1S/C22H33N5O2/c1-2-6-21-23-22(24-29-21)27-12-10-19(20(28)17-27)26-15-13-25(14-16-26)11-9-18-7-4-3-5-8-18/h3-5,7-8,19-20,28H,2,6,9-17H2,1H3/t19-,20-/m1/s1. The lowest BCUT2D eigenvalue weighted by atomic mass is 9.99. The van der Waals surface area contributed by atoms with E-state index in [1.54, 1.807) is 0 Å². The van der Waals surface area contributed by atoms with Gasteiger partial charge in [-0.15, -0.1) is 0 Å². The van der Waals surface area contributed by atoms with E-state index in [9.17, 15) is 5.11 Å². The fraction of sp³-hybridized carbons (Fsp3) is 0.636. The minimum atomic E-state index is -0.382. The Kier molecular flexibility index (Phi) is 6.79. The Morgan fingerprint density at radius 2 is 1.86 bits per heavy atom. The van der Waals surface area contributed by atoms with Gasteiger partial charge in [0.15, 0.2) is 0 Å². The molecule has 3 heterocycles. The van der Waals surface area contributed by atoms with Gasteiger partial charge in [-0.1, -0.05) is 37.3 Å². The van der Waals surface area contributed by atoms with E-state index in [4.69, 9.17) is 4.52 Å². The van der Waals surface area contributed by atoms with Gasteiger partial charge in [-0.25, -0.2) is 0 Å². The average molecular weight is 400 g/mol. The number of hydrogen-bond donors (Lipinski definition) is 1. The van der Waals surface area contributed by atoms with Crippen molar-refractivity contribution in [2.45, 2.75) is 44.8 Å². The summed E-state index contributed by atoms with van der Waals surface area (Å²) in [7, 11) is 0. The molecule has 2 aliphatic heterocycles. The highest BCUT2D eigenvalue weighted by Gasteiger charge is 2.34. The van der Waals surface area contributed by atoms with Gasteiger partial charge in [0.2, 0.25) is 5.89 Å². The average Bonchev–Trinajstić information content (AvgIpc) is 3.22. The van der Waals surface area contributed by atoms with Crippen LogP contribution in [0.4, 0.5) is 5.95 Å². The van der Waals surface area contributed by atoms with E-state index >= 15 is 0 Å². The molecule has 2 fully saturated rings. The Morgan fingerprint density at radius 1 is 1.07 bits per heavy atom. The first kappa shape index (κ1) is 20.3. The topological polar surface area (TPSA) is 68.9 Å². The van der Waals surface area contributed by atoms with Gasteiger partial charge in [0.05, 0.1) is 6.10 Å². The molecule has 0 radical (unpaired) electrons. The van der Waals surface area contributed by atoms with E-state index in [0.717, 1.165) is 65.0 Å². The molecule has 0 unspecified atom stereocenters. The number of benzene rings is 1. The van der Waals surface area contributed by atoms with Crippen LogP contribution < -0.4 is 4.90 Å². The van der Waals surface area contributed by atoms with Crippen molar-refractivity contribution >= 4 is 5.95 Å². The molecule has 0 spiro atoms. The lowest BCUT2D eigenvalue weighted by Crippen LogP contribution is -2.59. The molecule has 1 aromatic heterocycles. The van der Waals surface area contributed by atoms with Gasteiger partial charge in [0.1, 0.15) is 0 Å². The number of aliphatic hydroxyl groups excluding tert-OH is 1. The normalized spacial score (nSPS) is 24.1. The van der Waals surface area contributed by atoms with E-state index < -0.39 is 0 Å². The van der Waals surface area contributed by atoms with Crippen LogP contribution in [0, 0.1) is 0 Å². The third-order valence-electron chi connectivity index (χ3n) is 6.19. The zero-order chi connectivity index (χ0) is 20.1. The van der Waals surface area contributed by atoms with Crippen LogP contribution in [0.25, 0.3) is 0 Å². The lowest BCUT2D eigenvalue weighted by molar-refractivity contribution is 0.00949. The zero-order valence-electron chi connectivity index (χ0n) is 17.4. The predicted octanol–water partition coefficient (Wildman–Crippen LogP) is 1.82. The van der Waals surface area contributed by atoms with Crippen LogP contribution in [-0.2, 0) is 12.8 Å². The van der Waals surface area contributed by atoms with Crippen molar-refractivity contribution < 1.29 is 9.63 Å². The minimum absolute atomic E-state index is 0.226. The van der Waals surface area contributed by atoms with E-state index in [2.05, 4.69) is 62.1 Å². The second-order valence-corrected chi connectivity index (χ2v) is 8.22. The maximum absolute atomic E-state index is 10.8. The fourth-order valence-corrected chi connectivity index (χ4v) is 4.47. The van der Waals surface area contributed by atoms with Crippen molar-refractivity contribution in [1.82, 2.24) is 19.9 Å². The van der Waals surface area contributed by atoms with Crippen molar-refractivity contribution in [3.05, 3.63) is 41.8 Å². The largest absolute Gasteiger partial charge is 0.390 e. The highest BCUT2D eigenvalue weighted by molar-refractivity contribution is 5.29. The Hall–Kier alpha value is -1.96. The number of rotatable bonds is 7. The number of hydrogen-bond acceptors (Lipinski definition) is 7. The molecule has 1 aromatic carbocycles. The van der Waals surface area contributed by atoms with Crippen LogP contribution in [0.3, 0.4) is 0 Å². The van der Waals surface area contributed by atoms with Gasteiger partial charge in [-0.05, 0) is 30.0 Å². The number of aliphatic hydroxyl groups is 1. The molecule has 7 nitrogen and oxygen atoms in total. The molecule has 2 aromatic rings. The third kappa shape index (κ3) is 5.15. The molecule has 2 atom stereocenters. The summed E-state index contributed by atoms with van der Waals surface area (Å²) in [6, 6.07) is 10.9. The first-order valence-corrected chi connectivity index (χ1v) is 11.0. The van der Waals surface area contributed by atoms with Gasteiger partial charge >= 0.3 is 0 Å². The molecule has 0 saturated carbocycles. The van der Waals surface area contributed by atoms with Crippen LogP contribution >= 0.6 is 0 Å². The lowest BCUT2D eigenvalue weighted by Gasteiger charge is -2.44. The van der Waals surface area contributed by atoms with Crippen molar-refractivity contribution in [3.63, 3.8) is 0 Å². The van der Waals surface area contributed by atoms with Crippen LogP contribution in [0.15, 0.2) is 34.9 Å². The number of aryl methyl sites for hydroxylation is 1. The van der Waals surface area contributed by atoms with E-state index in [0.29, 0.717) is 18.4 Å². The highest BCUT2D eigenvalue weighted by Crippen LogP contribution is 2.22. The zero-order valence-corrected chi connectivity index (χ0v) is 17.4. The van der Waals surface area contributed by atoms with Crippen LogP contribution in [0.5, 0.6) is 0 Å². The molecule has 29 heavy (non-hydrogen) atoms. The Bertz CT molecular complexity index is 745. The van der Waals surface area contributed by atoms with Crippen LogP contribution in [-0.4, -0.2) is 83.0 Å². The summed E-state index contributed by atoms with van der Waals surface area (Å²) in [6.07, 6.45) is 3.45. The summed E-state index contributed by atoms with van der Waals surface area (Å²) in [5.74, 6) is 1.31. The van der Waals surface area contributed by atoms with Gasteiger partial charge < -0.3 is 19.4 Å². The molecule has 158 valence electrons. The predicted molar refractivity (Wildman–Crippen MR) is 113 cm³/mol. The Labute approximate surface area is 173 Å². The minimum Gasteiger partial charge on any atom is -0.390 e. The molecule has 2 saturated heterocycles. The van der Waals surface area contributed by atoms with Crippen molar-refractivity contribution in [2.75, 3.05) is 50.7 Å². The van der Waals surface area contributed by atoms with E-state index in [-0.39, 0.29) is 12.1 Å². The van der Waals surface area contributed by atoms with Gasteiger partial charge in [0, 0.05) is 58.3 Å². The molecule has 0 bridgehead atoms. The second kappa shape index (κ2) is 9.69. The summed E-state index contributed by atoms with van der Waals surface area (Å²) < 4.78 is 5.30. The molecule has 0 aliphatic carbocycles. The van der Waals surface area contributed by atoms with Gasteiger partial charge in [0.25, 0.3) is 5.95 Å². The molecular weight excluding hydrogens is 366 g/mol. The fourth-order valence-electron chi connectivity index (χ4n) is 4.47. The quantitative estimate of drug-likeness (QED) is 0.762. The van der Waals surface area contributed by atoms with Gasteiger partial charge in [-0.3, -0.25) is 4.90 Å². The third-order valence-corrected chi connectivity index (χ3v) is 6.19. The maximum atomic E-state index is 10.8. The van der Waals surface area contributed by atoms with Crippen molar-refractivity contribution in [2.24, 2.45) is 0 Å². The van der Waals surface area contributed by atoms with Crippen LogP contribution in [0.2, 0.25) is 0 Å². The molecule has 0 amide bonds. The molecule has 4 rings (SSSR count). The number of β-amino-alcohol motifs (C(OH)–C–C–N with tert-alkyl or cyclic N) is 1. The maximum Gasteiger partial charge on any atom is 0.266 e. The Balaban J connectivity index is 1.23. The highest BCUT2D eigenvalue weighted by atomic mass is 16.5. The van der Waals surface area contributed by atoms with E-state index in [1.807, 2.05) is 0 Å². The van der Waals surface area contributed by atoms with Crippen LogP contribution in [0.1, 0.15) is 31.2 Å². The number of anilines is 1. The molecule has 1 N–H and O–H groups in total. The monoisotopic (exact) mass is 399 g/mol. The smallest absolute Gasteiger partial charge is 0.266 e. The number of piperazine rings is 1. The summed E-state index contributed by atoms with van der Waals surface area (Å²) in [5, 5.41) is 14.9. The number of piperidine rings is 1. The van der Waals surface area contributed by atoms with Crippen molar-refractivity contribution in [3.8, 4) is 0 Å². The number of aromatic nitrogens is 2. The van der Waals surface area contributed by atoms with Crippen molar-refractivity contribution in [1.29, 1.82) is 0 Å². The molecule has 2 aliphatic rings. The number of nitrogens with zero attached hydrogens (tertiary/aromatic N) is 5. The molecule has 7 heteroatoms. The molecular formula is C22H33N5O2. The summed E-state index contributed by atoms with van der Waals surface area (Å²) in [4.78, 5) is 11.5. The Morgan fingerprint density at radius 3 is 2.59 bits per heavy atom.